The first-order chi connectivity index (χ1) is 8.54. The Morgan fingerprint density at radius 2 is 2.06 bits per heavy atom. The predicted octanol–water partition coefficient (Wildman–Crippen LogP) is 0.593. The fraction of sp³-hybridized carbons (Fsp3) is 0.636. The Kier molecular flexibility index (Phi) is 5.24. The summed E-state index contributed by atoms with van der Waals surface area (Å²) in [7, 11) is 0. The van der Waals surface area contributed by atoms with E-state index >= 15 is 0 Å². The van der Waals surface area contributed by atoms with Gasteiger partial charge >= 0.3 is 0 Å². The van der Waals surface area contributed by atoms with E-state index in [-0.39, 0.29) is 19.0 Å². The minimum absolute atomic E-state index is 0.0470. The molecule has 0 aliphatic heterocycles. The standard InChI is InChI=1S/C11H19FN4O2/c1-3-4-13-10-14-5-8(12)9(15-10)16-11(2,6-17)7-18/h5,17-18H,3-4,6-7H2,1-2H3,(H2,13,14,15,16). The van der Waals surface area contributed by atoms with Gasteiger partial charge in [-0.05, 0) is 13.3 Å². The van der Waals surface area contributed by atoms with Crippen LogP contribution < -0.4 is 10.6 Å². The van der Waals surface area contributed by atoms with Crippen LogP contribution in [0, 0.1) is 5.82 Å². The van der Waals surface area contributed by atoms with Crippen molar-refractivity contribution in [3.8, 4) is 0 Å². The molecular weight excluding hydrogens is 239 g/mol. The molecule has 1 rings (SSSR count). The van der Waals surface area contributed by atoms with Gasteiger partial charge in [0.1, 0.15) is 0 Å². The van der Waals surface area contributed by atoms with Gasteiger partial charge < -0.3 is 20.8 Å². The van der Waals surface area contributed by atoms with Crippen LogP contribution >= 0.6 is 0 Å². The first-order valence-electron chi connectivity index (χ1n) is 5.81. The van der Waals surface area contributed by atoms with Crippen molar-refractivity contribution in [2.45, 2.75) is 25.8 Å². The highest BCUT2D eigenvalue weighted by Crippen LogP contribution is 2.17. The van der Waals surface area contributed by atoms with Crippen LogP contribution in [0.3, 0.4) is 0 Å². The lowest BCUT2D eigenvalue weighted by atomic mass is 10.1. The second-order valence-corrected chi connectivity index (χ2v) is 4.32. The molecule has 1 aromatic heterocycles. The van der Waals surface area contributed by atoms with Crippen LogP contribution in [0.2, 0.25) is 0 Å². The summed E-state index contributed by atoms with van der Waals surface area (Å²) < 4.78 is 13.5. The Labute approximate surface area is 105 Å². The van der Waals surface area contributed by atoms with Gasteiger partial charge in [0, 0.05) is 6.54 Å². The maximum absolute atomic E-state index is 13.5. The maximum atomic E-state index is 13.5. The second kappa shape index (κ2) is 6.46. The van der Waals surface area contributed by atoms with Gasteiger partial charge in [0.2, 0.25) is 5.95 Å². The molecule has 4 N–H and O–H groups in total. The second-order valence-electron chi connectivity index (χ2n) is 4.32. The molecule has 102 valence electrons. The third-order valence-electron chi connectivity index (χ3n) is 2.40. The van der Waals surface area contributed by atoms with Crippen molar-refractivity contribution in [1.29, 1.82) is 0 Å². The molecule has 1 heterocycles. The van der Waals surface area contributed by atoms with E-state index in [4.69, 9.17) is 10.2 Å². The average molecular weight is 258 g/mol. The molecule has 0 aliphatic rings. The maximum Gasteiger partial charge on any atom is 0.224 e. The summed E-state index contributed by atoms with van der Waals surface area (Å²) in [6, 6.07) is 0. The van der Waals surface area contributed by atoms with E-state index in [2.05, 4.69) is 20.6 Å². The molecular formula is C11H19FN4O2. The number of hydrogen-bond donors (Lipinski definition) is 4. The smallest absolute Gasteiger partial charge is 0.224 e. The Morgan fingerprint density at radius 1 is 1.39 bits per heavy atom. The van der Waals surface area contributed by atoms with Crippen LogP contribution in [0.5, 0.6) is 0 Å². The van der Waals surface area contributed by atoms with Gasteiger partial charge in [-0.25, -0.2) is 9.37 Å². The van der Waals surface area contributed by atoms with Crippen molar-refractivity contribution < 1.29 is 14.6 Å². The molecule has 7 heteroatoms. The van der Waals surface area contributed by atoms with Crippen LogP contribution in [-0.4, -0.2) is 45.5 Å². The van der Waals surface area contributed by atoms with Crippen LogP contribution in [0.4, 0.5) is 16.2 Å². The molecule has 0 atom stereocenters. The van der Waals surface area contributed by atoms with Gasteiger partial charge in [-0.15, -0.1) is 0 Å². The Morgan fingerprint density at radius 3 is 2.61 bits per heavy atom. The SMILES string of the molecule is CCCNc1ncc(F)c(NC(C)(CO)CO)n1. The largest absolute Gasteiger partial charge is 0.394 e. The highest BCUT2D eigenvalue weighted by Gasteiger charge is 2.24. The average Bonchev–Trinajstić information content (AvgIpc) is 2.39. The van der Waals surface area contributed by atoms with Crippen LogP contribution in [0.15, 0.2) is 6.20 Å². The minimum Gasteiger partial charge on any atom is -0.394 e. The highest BCUT2D eigenvalue weighted by atomic mass is 19.1. The summed E-state index contributed by atoms with van der Waals surface area (Å²) in [5.41, 5.74) is -1.03. The van der Waals surface area contributed by atoms with Crippen molar-refractivity contribution in [2.24, 2.45) is 0 Å². The molecule has 0 aromatic carbocycles. The topological polar surface area (TPSA) is 90.3 Å². The van der Waals surface area contributed by atoms with E-state index in [9.17, 15) is 4.39 Å². The molecule has 0 amide bonds. The van der Waals surface area contributed by atoms with Gasteiger partial charge in [-0.3, -0.25) is 0 Å². The van der Waals surface area contributed by atoms with E-state index in [0.717, 1.165) is 12.6 Å². The van der Waals surface area contributed by atoms with Crippen LogP contribution in [-0.2, 0) is 0 Å². The number of anilines is 2. The Hall–Kier alpha value is -1.47. The first-order valence-corrected chi connectivity index (χ1v) is 5.81. The van der Waals surface area contributed by atoms with Crippen molar-refractivity contribution in [1.82, 2.24) is 9.97 Å². The molecule has 0 saturated carbocycles. The zero-order chi connectivity index (χ0) is 13.6. The minimum atomic E-state index is -1.03. The van der Waals surface area contributed by atoms with Gasteiger partial charge in [0.15, 0.2) is 11.6 Å². The van der Waals surface area contributed by atoms with E-state index < -0.39 is 11.4 Å². The summed E-state index contributed by atoms with van der Waals surface area (Å²) in [4.78, 5) is 7.76. The van der Waals surface area contributed by atoms with Gasteiger partial charge in [-0.1, -0.05) is 6.92 Å². The Bertz CT molecular complexity index is 385. The lowest BCUT2D eigenvalue weighted by Crippen LogP contribution is -2.43. The third-order valence-corrected chi connectivity index (χ3v) is 2.40. The number of hydrogen-bond acceptors (Lipinski definition) is 6. The number of nitrogens with zero attached hydrogens (tertiary/aromatic N) is 2. The molecule has 0 saturated heterocycles. The van der Waals surface area contributed by atoms with Crippen molar-refractivity contribution in [3.63, 3.8) is 0 Å². The monoisotopic (exact) mass is 258 g/mol. The number of halogens is 1. The van der Waals surface area contributed by atoms with E-state index in [1.165, 1.54) is 0 Å². The zero-order valence-electron chi connectivity index (χ0n) is 10.6. The van der Waals surface area contributed by atoms with Gasteiger partial charge in [0.05, 0.1) is 24.9 Å². The number of rotatable bonds is 7. The summed E-state index contributed by atoms with van der Waals surface area (Å²) in [6.45, 7) is 3.55. The Balaban J connectivity index is 2.86. The van der Waals surface area contributed by atoms with Crippen LogP contribution in [0.25, 0.3) is 0 Å². The summed E-state index contributed by atoms with van der Waals surface area (Å²) in [5.74, 6) is -0.377. The quantitative estimate of drug-likeness (QED) is 0.572. The summed E-state index contributed by atoms with van der Waals surface area (Å²) in [6.07, 6.45) is 1.94. The first kappa shape index (κ1) is 14.6. The molecule has 18 heavy (non-hydrogen) atoms. The fourth-order valence-corrected chi connectivity index (χ4v) is 1.19. The van der Waals surface area contributed by atoms with Gasteiger partial charge in [0.25, 0.3) is 0 Å². The predicted molar refractivity (Wildman–Crippen MR) is 67.0 cm³/mol. The number of aliphatic hydroxyl groups is 2. The molecule has 0 spiro atoms. The molecule has 0 radical (unpaired) electrons. The van der Waals surface area contributed by atoms with E-state index in [0.29, 0.717) is 12.5 Å². The lowest BCUT2D eigenvalue weighted by Gasteiger charge is -2.27. The molecule has 6 nitrogen and oxygen atoms in total. The molecule has 0 unspecified atom stereocenters. The van der Waals surface area contributed by atoms with E-state index in [1.807, 2.05) is 6.92 Å². The summed E-state index contributed by atoms with van der Waals surface area (Å²) in [5, 5.41) is 23.9. The zero-order valence-corrected chi connectivity index (χ0v) is 10.6. The summed E-state index contributed by atoms with van der Waals surface area (Å²) >= 11 is 0. The number of aliphatic hydroxyl groups excluding tert-OH is 2. The third kappa shape index (κ3) is 3.78. The van der Waals surface area contributed by atoms with E-state index in [1.54, 1.807) is 6.92 Å². The van der Waals surface area contributed by atoms with Gasteiger partial charge in [-0.2, -0.15) is 4.98 Å². The number of nitrogens with one attached hydrogen (secondary N) is 2. The fourth-order valence-electron chi connectivity index (χ4n) is 1.19. The van der Waals surface area contributed by atoms with Crippen molar-refractivity contribution in [2.75, 3.05) is 30.4 Å². The van der Waals surface area contributed by atoms with Crippen LogP contribution in [0.1, 0.15) is 20.3 Å². The molecule has 0 aliphatic carbocycles. The molecule has 0 fully saturated rings. The van der Waals surface area contributed by atoms with Crippen molar-refractivity contribution in [3.05, 3.63) is 12.0 Å². The number of aromatic nitrogens is 2. The highest BCUT2D eigenvalue weighted by molar-refractivity contribution is 5.43. The lowest BCUT2D eigenvalue weighted by molar-refractivity contribution is 0.147. The molecule has 0 bridgehead atoms. The normalized spacial score (nSPS) is 11.4. The van der Waals surface area contributed by atoms with Crippen molar-refractivity contribution >= 4 is 11.8 Å². The molecule has 1 aromatic rings.